The van der Waals surface area contributed by atoms with Gasteiger partial charge in [0, 0.05) is 33.5 Å². The van der Waals surface area contributed by atoms with Crippen LogP contribution in [0.5, 0.6) is 0 Å². The molecule has 0 aliphatic heterocycles. The van der Waals surface area contributed by atoms with Crippen molar-refractivity contribution < 1.29 is 0 Å². The van der Waals surface area contributed by atoms with Crippen molar-refractivity contribution in [1.82, 2.24) is 4.57 Å². The van der Waals surface area contributed by atoms with Gasteiger partial charge in [-0.2, -0.15) is 0 Å². The van der Waals surface area contributed by atoms with E-state index in [4.69, 9.17) is 0 Å². The smallest absolute Gasteiger partial charge is 0.0547 e. The molecule has 12 aromatic rings. The molecule has 0 spiro atoms. The van der Waals surface area contributed by atoms with Gasteiger partial charge in [-0.15, -0.1) is 0 Å². The highest BCUT2D eigenvalue weighted by atomic mass is 15.1. The van der Waals surface area contributed by atoms with Crippen molar-refractivity contribution in [2.75, 3.05) is 4.90 Å². The van der Waals surface area contributed by atoms with Crippen LogP contribution in [-0.4, -0.2) is 4.57 Å². The van der Waals surface area contributed by atoms with Gasteiger partial charge in [0.05, 0.1) is 11.0 Å². The number of fused-ring (bicyclic) bond motifs is 6. The number of rotatable bonds is 7. The van der Waals surface area contributed by atoms with Crippen molar-refractivity contribution in [1.29, 1.82) is 0 Å². The molecule has 1 heterocycles. The van der Waals surface area contributed by atoms with Crippen molar-refractivity contribution in [3.63, 3.8) is 0 Å². The molecule has 2 heteroatoms. The van der Waals surface area contributed by atoms with Crippen molar-refractivity contribution in [3.8, 4) is 39.1 Å². The minimum Gasteiger partial charge on any atom is -0.310 e. The Kier molecular flexibility index (Phi) is 8.53. The predicted octanol–water partition coefficient (Wildman–Crippen LogP) is 16.7. The number of para-hydroxylation sites is 1. The van der Waals surface area contributed by atoms with Crippen LogP contribution in [-0.2, 0) is 0 Å². The summed E-state index contributed by atoms with van der Waals surface area (Å²) in [5.74, 6) is 0. The molecule has 0 amide bonds. The van der Waals surface area contributed by atoms with E-state index in [0.717, 1.165) is 22.7 Å². The van der Waals surface area contributed by atoms with E-state index >= 15 is 0 Å². The molecule has 0 fully saturated rings. The second kappa shape index (κ2) is 14.8. The van der Waals surface area contributed by atoms with Gasteiger partial charge in [-0.3, -0.25) is 0 Å². The second-order valence-corrected chi connectivity index (χ2v) is 16.1. The molecule has 2 nitrogen and oxygen atoms in total. The molecule has 12 rings (SSSR count). The first-order valence-electron chi connectivity index (χ1n) is 21.3. The van der Waals surface area contributed by atoms with Gasteiger partial charge in [0.25, 0.3) is 0 Å². The average molecular weight is 789 g/mol. The quantitative estimate of drug-likeness (QED) is 0.156. The number of hydrogen-bond acceptors (Lipinski definition) is 1. The SMILES string of the molecule is c1cc(-c2cccc3c2c2ccccc2n3-c2ccc3ccccc3c2)cc(N(c2ccc(-c3cccc4ccccc34)cc2)c2ccc(-c3cccc4ccccc34)cc2)c1. The zero-order valence-electron chi connectivity index (χ0n) is 34.0. The van der Waals surface area contributed by atoms with E-state index in [1.165, 1.54) is 87.5 Å². The lowest BCUT2D eigenvalue weighted by molar-refractivity contribution is 1.19. The lowest BCUT2D eigenvalue weighted by atomic mass is 9.97. The van der Waals surface area contributed by atoms with E-state index in [2.05, 4.69) is 252 Å². The van der Waals surface area contributed by atoms with Crippen LogP contribution in [0.15, 0.2) is 243 Å². The lowest BCUT2D eigenvalue weighted by Crippen LogP contribution is -2.10. The first-order chi connectivity index (χ1) is 30.7. The van der Waals surface area contributed by atoms with Crippen molar-refractivity contribution in [3.05, 3.63) is 243 Å². The average Bonchev–Trinajstić information content (AvgIpc) is 3.69. The summed E-state index contributed by atoms with van der Waals surface area (Å²) in [6.45, 7) is 0. The Morgan fingerprint density at radius 3 is 1.44 bits per heavy atom. The normalized spacial score (nSPS) is 11.5. The fourth-order valence-electron chi connectivity index (χ4n) is 9.65. The molecule has 0 aliphatic carbocycles. The highest BCUT2D eigenvalue weighted by Crippen LogP contribution is 2.43. The summed E-state index contributed by atoms with van der Waals surface area (Å²) in [4.78, 5) is 2.39. The Labute approximate surface area is 360 Å². The van der Waals surface area contributed by atoms with Gasteiger partial charge in [0.15, 0.2) is 0 Å². The second-order valence-electron chi connectivity index (χ2n) is 16.1. The van der Waals surface area contributed by atoms with Gasteiger partial charge >= 0.3 is 0 Å². The van der Waals surface area contributed by atoms with Gasteiger partial charge in [-0.05, 0) is 126 Å². The van der Waals surface area contributed by atoms with Crippen LogP contribution >= 0.6 is 0 Å². The summed E-state index contributed by atoms with van der Waals surface area (Å²) in [5, 5.41) is 9.96. The summed E-state index contributed by atoms with van der Waals surface area (Å²) in [6.07, 6.45) is 0. The van der Waals surface area contributed by atoms with Crippen LogP contribution in [0.2, 0.25) is 0 Å². The predicted molar refractivity (Wildman–Crippen MR) is 264 cm³/mol. The zero-order valence-corrected chi connectivity index (χ0v) is 34.0. The lowest BCUT2D eigenvalue weighted by Gasteiger charge is -2.26. The van der Waals surface area contributed by atoms with E-state index in [9.17, 15) is 0 Å². The molecule has 0 aliphatic rings. The maximum atomic E-state index is 2.42. The van der Waals surface area contributed by atoms with E-state index in [0.29, 0.717) is 0 Å². The van der Waals surface area contributed by atoms with Crippen LogP contribution in [0.3, 0.4) is 0 Å². The third-order valence-corrected chi connectivity index (χ3v) is 12.6. The first kappa shape index (κ1) is 35.7. The molecule has 11 aromatic carbocycles. The van der Waals surface area contributed by atoms with Crippen molar-refractivity contribution in [2.45, 2.75) is 0 Å². The van der Waals surface area contributed by atoms with Gasteiger partial charge in [0.1, 0.15) is 0 Å². The Hall–Kier alpha value is -8.20. The molecule has 0 unspecified atom stereocenters. The van der Waals surface area contributed by atoms with E-state index < -0.39 is 0 Å². The minimum atomic E-state index is 1.09. The molecule has 0 N–H and O–H groups in total. The highest BCUT2D eigenvalue weighted by Gasteiger charge is 2.19. The molecule has 0 bridgehead atoms. The maximum Gasteiger partial charge on any atom is 0.0547 e. The van der Waals surface area contributed by atoms with Crippen molar-refractivity contribution >= 4 is 71.2 Å². The van der Waals surface area contributed by atoms with Gasteiger partial charge in [-0.1, -0.05) is 182 Å². The molecule has 62 heavy (non-hydrogen) atoms. The Morgan fingerprint density at radius 2 is 0.774 bits per heavy atom. The summed E-state index contributed by atoms with van der Waals surface area (Å²) in [6, 6.07) is 88.5. The molecule has 1 aromatic heterocycles. The minimum absolute atomic E-state index is 1.09. The molecule has 0 radical (unpaired) electrons. The largest absolute Gasteiger partial charge is 0.310 e. The third-order valence-electron chi connectivity index (χ3n) is 12.6. The van der Waals surface area contributed by atoms with Crippen LogP contribution in [0.1, 0.15) is 0 Å². The number of aromatic nitrogens is 1. The van der Waals surface area contributed by atoms with E-state index in [1.807, 2.05) is 0 Å². The summed E-state index contributed by atoms with van der Waals surface area (Å²) in [5.41, 5.74) is 14.0. The fraction of sp³-hybridized carbons (Fsp3) is 0. The van der Waals surface area contributed by atoms with Crippen molar-refractivity contribution in [2.24, 2.45) is 0 Å². The molecule has 0 saturated heterocycles. The van der Waals surface area contributed by atoms with Crippen LogP contribution in [0.4, 0.5) is 17.1 Å². The summed E-state index contributed by atoms with van der Waals surface area (Å²) < 4.78 is 2.42. The zero-order chi connectivity index (χ0) is 41.0. The number of nitrogens with zero attached hydrogens (tertiary/aromatic N) is 2. The van der Waals surface area contributed by atoms with Crippen LogP contribution < -0.4 is 4.90 Å². The van der Waals surface area contributed by atoms with E-state index in [-0.39, 0.29) is 0 Å². The Morgan fingerprint density at radius 1 is 0.274 bits per heavy atom. The molecular formula is C60H40N2. The van der Waals surface area contributed by atoms with Gasteiger partial charge in [0.2, 0.25) is 0 Å². The first-order valence-corrected chi connectivity index (χ1v) is 21.3. The molecular weight excluding hydrogens is 749 g/mol. The molecule has 290 valence electrons. The van der Waals surface area contributed by atoms with E-state index in [1.54, 1.807) is 0 Å². The Bertz CT molecular complexity index is 3500. The standard InChI is InChI=1S/C60H40N2/c1-2-16-46-39-51(38-29-41(46)13-1)62-58-27-8-7-23-57(58)60-56(26-12-28-59(60)62)47-19-9-20-50(40-47)61(48-34-30-44(31-35-48)54-24-10-17-42-14-3-5-21-52(42)54)49-36-32-45(33-37-49)55-25-11-18-43-15-4-6-22-53(43)55/h1-40H. The maximum absolute atomic E-state index is 2.42. The topological polar surface area (TPSA) is 8.17 Å². The summed E-state index contributed by atoms with van der Waals surface area (Å²) >= 11 is 0. The summed E-state index contributed by atoms with van der Waals surface area (Å²) in [7, 11) is 0. The van der Waals surface area contributed by atoms with Gasteiger partial charge in [-0.25, -0.2) is 0 Å². The molecule has 0 saturated carbocycles. The highest BCUT2D eigenvalue weighted by molar-refractivity contribution is 6.16. The number of anilines is 3. The van der Waals surface area contributed by atoms with Crippen LogP contribution in [0.25, 0.3) is 93.2 Å². The monoisotopic (exact) mass is 788 g/mol. The third kappa shape index (κ3) is 6.04. The fourth-order valence-corrected chi connectivity index (χ4v) is 9.65. The number of hydrogen-bond donors (Lipinski definition) is 0. The van der Waals surface area contributed by atoms with Gasteiger partial charge < -0.3 is 9.47 Å². The Balaban J connectivity index is 1.00. The number of benzene rings is 11. The molecule has 0 atom stereocenters. The van der Waals surface area contributed by atoms with Crippen LogP contribution in [0, 0.1) is 0 Å².